The summed E-state index contributed by atoms with van der Waals surface area (Å²) in [5.41, 5.74) is 4.39. The van der Waals surface area contributed by atoms with Gasteiger partial charge in [-0.25, -0.2) is 9.59 Å². The van der Waals surface area contributed by atoms with Gasteiger partial charge in [-0.3, -0.25) is 15.6 Å². The van der Waals surface area contributed by atoms with Gasteiger partial charge in [-0.1, -0.05) is 106 Å². The van der Waals surface area contributed by atoms with E-state index in [0.29, 0.717) is 48.2 Å². The van der Waals surface area contributed by atoms with Gasteiger partial charge in [-0.2, -0.15) is 26.3 Å². The van der Waals surface area contributed by atoms with Crippen LogP contribution in [0.4, 0.5) is 37.7 Å². The fourth-order valence-corrected chi connectivity index (χ4v) is 17.9. The third kappa shape index (κ3) is 11.1. The molecule has 4 aliphatic carbocycles. The lowest BCUT2D eigenvalue weighted by Crippen LogP contribution is -2.64. The van der Waals surface area contributed by atoms with Gasteiger partial charge in [0.25, 0.3) is 0 Å². The van der Waals surface area contributed by atoms with Gasteiger partial charge in [0.1, 0.15) is 12.2 Å². The van der Waals surface area contributed by atoms with Crippen molar-refractivity contribution in [3.63, 3.8) is 0 Å². The SMILES string of the molecule is C[C@H](CCC(=O)NNC(=S)Nc1ccc(C(F)(F)F)cc1)[C@H]1CC[C@H]2[C@@H]3[C@H](OC(=O)c4cc5ccc6cccc7ccc(c4)c5c67)C[C@@H]4C[C@H](NC(=S)Nc5ccc(C(F)(F)F)cc5)CC[C@]4(C)[C@H]3C[C@H](OC(=O)c3cc4ccc5cccc6ccc(c3)c4c56)[C@]12C. The molecule has 0 bridgehead atoms. The molecule has 0 spiro atoms. The molecule has 11 atom stereocenters. The molecule has 14 rings (SSSR count). The molecule has 0 radical (unpaired) electrons. The lowest BCUT2D eigenvalue weighted by atomic mass is 9.43. The number of hydrazine groups is 1. The highest BCUT2D eigenvalue weighted by atomic mass is 32.1. The number of hydrogen-bond donors (Lipinski definition) is 5. The standard InChI is InChI=1S/C74H67F6N5O5S2/c1-39(10-29-61(86)84-85-70(92)82-54-25-21-51(22-26-54)74(78,79)80)56-27-28-57-66-58(38-60(72(56,57)3)90-68(88)49-34-46-17-13-42-8-5-9-43-14-18-47(35-49)65(46)63(42)43)71(2)31-30-55(83-69(91)81-53-23-19-50(20-24-53)73(75,76)77)36-52(71)37-59(66)89-67(87)48-32-44-15-11-40-6-4-7-41-12-16-45(33-48)64(44)62(40)41/h4-9,11-26,32-35,39,52,55-60,66H,10,27-31,36-38H2,1-3H3,(H,84,86)(H2,81,83,91)(H2,82,85,92)/t39-,52+,55-,56-,57+,58+,59-,60+,66+,71+,72-/m1/s1. The van der Waals surface area contributed by atoms with E-state index in [0.717, 1.165) is 115 Å². The Labute approximate surface area is 538 Å². The quantitative estimate of drug-likeness (QED) is 0.0279. The minimum absolute atomic E-state index is 0.00536. The van der Waals surface area contributed by atoms with Crippen molar-refractivity contribution < 1.29 is 50.2 Å². The van der Waals surface area contributed by atoms with E-state index in [4.69, 9.17) is 33.9 Å². The van der Waals surface area contributed by atoms with Crippen molar-refractivity contribution in [2.75, 3.05) is 10.6 Å². The van der Waals surface area contributed by atoms with Gasteiger partial charge < -0.3 is 25.4 Å². The van der Waals surface area contributed by atoms with Crippen LogP contribution < -0.4 is 26.8 Å². The summed E-state index contributed by atoms with van der Waals surface area (Å²) in [5.74, 6) is -1.67. The van der Waals surface area contributed by atoms with Crippen LogP contribution in [-0.4, -0.2) is 46.3 Å². The number of alkyl halides is 6. The second-order valence-electron chi connectivity index (χ2n) is 26.7. The first-order valence-electron chi connectivity index (χ1n) is 31.5. The molecule has 0 unspecified atom stereocenters. The maximum Gasteiger partial charge on any atom is 0.416 e. The van der Waals surface area contributed by atoms with Crippen molar-refractivity contribution >= 4 is 129 Å². The number of carbonyl (C=O) groups excluding carboxylic acids is 3. The van der Waals surface area contributed by atoms with Crippen LogP contribution in [0.25, 0.3) is 64.6 Å². The number of ether oxygens (including phenoxy) is 2. The van der Waals surface area contributed by atoms with Crippen molar-refractivity contribution in [3.8, 4) is 0 Å². The molecular formula is C74H67F6N5O5S2. The molecule has 18 heteroatoms. The second kappa shape index (κ2) is 23.3. The van der Waals surface area contributed by atoms with Crippen LogP contribution in [0.3, 0.4) is 0 Å². The molecule has 1 amide bonds. The third-order valence-electron chi connectivity index (χ3n) is 21.8. The zero-order valence-corrected chi connectivity index (χ0v) is 52.3. The van der Waals surface area contributed by atoms with Crippen molar-refractivity contribution in [2.24, 2.45) is 46.3 Å². The first-order chi connectivity index (χ1) is 44.0. The fraction of sp³-hybridized carbons (Fsp3) is 0.338. The summed E-state index contributed by atoms with van der Waals surface area (Å²) in [4.78, 5) is 44.3. The van der Waals surface area contributed by atoms with Crippen LogP contribution in [0.1, 0.15) is 110 Å². The number of thiocarbonyl (C=S) groups is 2. The molecule has 0 aliphatic heterocycles. The Morgan fingerprint density at radius 2 is 1.02 bits per heavy atom. The summed E-state index contributed by atoms with van der Waals surface area (Å²) in [5, 5.41) is 22.3. The predicted molar refractivity (Wildman–Crippen MR) is 357 cm³/mol. The second-order valence-corrected chi connectivity index (χ2v) is 27.5. The lowest BCUT2D eigenvalue weighted by Gasteiger charge is -2.64. The topological polar surface area (TPSA) is 130 Å². The van der Waals surface area contributed by atoms with E-state index < -0.39 is 53.0 Å². The van der Waals surface area contributed by atoms with E-state index in [2.05, 4.69) is 120 Å². The van der Waals surface area contributed by atoms with Crippen molar-refractivity contribution in [1.82, 2.24) is 16.2 Å². The Bertz CT molecular complexity index is 4420. The highest BCUT2D eigenvalue weighted by molar-refractivity contribution is 7.80. The largest absolute Gasteiger partial charge is 0.458 e. The minimum Gasteiger partial charge on any atom is -0.458 e. The smallest absolute Gasteiger partial charge is 0.416 e. The normalized spacial score (nSPS) is 25.1. The van der Waals surface area contributed by atoms with E-state index in [9.17, 15) is 31.1 Å². The monoisotopic (exact) mass is 1280 g/mol. The van der Waals surface area contributed by atoms with Crippen molar-refractivity contribution in [2.45, 2.75) is 109 Å². The Hall–Kier alpha value is -8.35. The van der Waals surface area contributed by atoms with Gasteiger partial charge in [0.2, 0.25) is 5.91 Å². The first kappa shape index (κ1) is 61.2. The molecule has 10 aromatic carbocycles. The molecule has 0 saturated heterocycles. The minimum atomic E-state index is -4.50. The van der Waals surface area contributed by atoms with Crippen LogP contribution in [-0.2, 0) is 26.6 Å². The summed E-state index contributed by atoms with van der Waals surface area (Å²) in [6, 6.07) is 45.8. The average Bonchev–Trinajstić information content (AvgIpc) is 1.27. The molecule has 10 aromatic rings. The fourth-order valence-electron chi connectivity index (χ4n) is 17.4. The molecule has 0 heterocycles. The molecule has 0 aromatic heterocycles. The van der Waals surface area contributed by atoms with E-state index >= 15 is 9.59 Å². The van der Waals surface area contributed by atoms with E-state index in [1.807, 2.05) is 36.4 Å². The molecule has 10 nitrogen and oxygen atoms in total. The third-order valence-corrected chi connectivity index (χ3v) is 22.2. The summed E-state index contributed by atoms with van der Waals surface area (Å²) < 4.78 is 94.4. The molecule has 92 heavy (non-hydrogen) atoms. The molecule has 4 fully saturated rings. The Morgan fingerprint density at radius 1 is 0.554 bits per heavy atom. The summed E-state index contributed by atoms with van der Waals surface area (Å²) in [6.45, 7) is 6.76. The maximum absolute atomic E-state index is 15.4. The van der Waals surface area contributed by atoms with Gasteiger partial charge in [0.15, 0.2) is 10.2 Å². The average molecular weight is 1280 g/mol. The highest BCUT2D eigenvalue weighted by Crippen LogP contribution is 2.69. The van der Waals surface area contributed by atoms with Gasteiger partial charge in [0.05, 0.1) is 22.3 Å². The van der Waals surface area contributed by atoms with E-state index in [-0.39, 0.29) is 69.5 Å². The molecule has 4 aliphatic rings. The zero-order valence-electron chi connectivity index (χ0n) is 50.7. The summed E-state index contributed by atoms with van der Waals surface area (Å²) in [6.07, 6.45) is -4.87. The lowest BCUT2D eigenvalue weighted by molar-refractivity contribution is -0.203. The zero-order chi connectivity index (χ0) is 64.2. The number of esters is 2. The van der Waals surface area contributed by atoms with Gasteiger partial charge in [-0.05, 0) is 248 Å². The van der Waals surface area contributed by atoms with Crippen LogP contribution >= 0.6 is 24.4 Å². The van der Waals surface area contributed by atoms with E-state index in [1.54, 1.807) is 0 Å². The van der Waals surface area contributed by atoms with Gasteiger partial charge in [0, 0.05) is 35.2 Å². The Morgan fingerprint density at radius 3 is 1.52 bits per heavy atom. The molecular weight excluding hydrogens is 1220 g/mol. The van der Waals surface area contributed by atoms with Gasteiger partial charge in [-0.15, -0.1) is 0 Å². The number of hydrogen-bond acceptors (Lipinski definition) is 7. The van der Waals surface area contributed by atoms with Crippen LogP contribution in [0.2, 0.25) is 0 Å². The summed E-state index contributed by atoms with van der Waals surface area (Å²) >= 11 is 11.2. The van der Waals surface area contributed by atoms with E-state index in [1.165, 1.54) is 24.3 Å². The maximum atomic E-state index is 15.4. The predicted octanol–water partition coefficient (Wildman–Crippen LogP) is 17.9. The Kier molecular flexibility index (Phi) is 15.5. The number of benzene rings is 10. The number of fused-ring (bicyclic) bond motifs is 5. The number of halogens is 6. The first-order valence-corrected chi connectivity index (χ1v) is 32.4. The van der Waals surface area contributed by atoms with Crippen LogP contribution in [0, 0.1) is 46.3 Å². The molecule has 472 valence electrons. The van der Waals surface area contributed by atoms with Crippen LogP contribution in [0.5, 0.6) is 0 Å². The van der Waals surface area contributed by atoms with Gasteiger partial charge >= 0.3 is 24.3 Å². The van der Waals surface area contributed by atoms with Crippen LogP contribution in [0.15, 0.2) is 158 Å². The number of amides is 1. The highest BCUT2D eigenvalue weighted by Gasteiger charge is 2.68. The number of anilines is 2. The Balaban J connectivity index is 0.779. The van der Waals surface area contributed by atoms with Crippen molar-refractivity contribution in [1.29, 1.82) is 0 Å². The number of rotatable bonds is 11. The number of nitrogens with one attached hydrogen (secondary N) is 5. The van der Waals surface area contributed by atoms with Crippen molar-refractivity contribution in [3.05, 3.63) is 180 Å². The molecule has 4 saturated carbocycles. The summed E-state index contributed by atoms with van der Waals surface area (Å²) in [7, 11) is 0. The molecule has 5 N–H and O–H groups in total. The number of carbonyl (C=O) groups is 3.